The number of sulfonamides is 1. The molecule has 21 heavy (non-hydrogen) atoms. The number of hydrogen-bond donors (Lipinski definition) is 1. The molecule has 0 bridgehead atoms. The van der Waals surface area contributed by atoms with Gasteiger partial charge in [-0.2, -0.15) is 4.31 Å². The molecule has 0 aliphatic rings. The molecule has 0 spiro atoms. The van der Waals surface area contributed by atoms with E-state index < -0.39 is 10.0 Å². The van der Waals surface area contributed by atoms with E-state index in [1.165, 1.54) is 27.8 Å². The Labute approximate surface area is 141 Å². The molecule has 0 amide bonds. The number of nitrogens with zero attached hydrogens (tertiary/aromatic N) is 1. The van der Waals surface area contributed by atoms with Crippen LogP contribution in [0.3, 0.4) is 0 Å². The first-order valence-electron chi connectivity index (χ1n) is 6.02. The molecule has 0 saturated carbocycles. The van der Waals surface area contributed by atoms with E-state index in [-0.39, 0.29) is 11.4 Å². The number of thiophene rings is 1. The lowest BCUT2D eigenvalue weighted by Gasteiger charge is -2.17. The van der Waals surface area contributed by atoms with E-state index >= 15 is 0 Å². The molecular formula is C13H14BrClN2O2S2. The monoisotopic (exact) mass is 408 g/mol. The van der Waals surface area contributed by atoms with Crippen LogP contribution in [0.15, 0.2) is 38.3 Å². The normalized spacial score (nSPS) is 12.0. The highest BCUT2D eigenvalue weighted by atomic mass is 79.9. The van der Waals surface area contributed by atoms with E-state index in [9.17, 15) is 8.42 Å². The first-order valence-corrected chi connectivity index (χ1v) is 9.51. The summed E-state index contributed by atoms with van der Waals surface area (Å²) in [6.45, 7) is 0.508. The van der Waals surface area contributed by atoms with Gasteiger partial charge >= 0.3 is 0 Å². The maximum absolute atomic E-state index is 12.6. The van der Waals surface area contributed by atoms with E-state index in [0.717, 1.165) is 9.35 Å². The fraction of sp³-hybridized carbons (Fsp3) is 0.231. The van der Waals surface area contributed by atoms with Crippen molar-refractivity contribution in [3.8, 4) is 0 Å². The van der Waals surface area contributed by atoms with Crippen molar-refractivity contribution in [1.29, 1.82) is 0 Å². The maximum atomic E-state index is 12.6. The Bertz CT molecular complexity index is 746. The average molecular weight is 410 g/mol. The third-order valence-electron chi connectivity index (χ3n) is 2.97. The summed E-state index contributed by atoms with van der Waals surface area (Å²) in [6, 6.07) is 6.49. The second-order valence-electron chi connectivity index (χ2n) is 4.48. The largest absolute Gasteiger partial charge is 0.326 e. The number of hydrogen-bond acceptors (Lipinski definition) is 4. The predicted octanol–water partition coefficient (Wildman–Crippen LogP) is 3.44. The fourth-order valence-corrected chi connectivity index (χ4v) is 4.42. The number of halogens is 2. The third kappa shape index (κ3) is 3.85. The summed E-state index contributed by atoms with van der Waals surface area (Å²) in [5.74, 6) is 0. The van der Waals surface area contributed by atoms with Crippen molar-refractivity contribution in [3.63, 3.8) is 0 Å². The summed E-state index contributed by atoms with van der Waals surface area (Å²) in [6.07, 6.45) is 0. The van der Waals surface area contributed by atoms with Gasteiger partial charge in [-0.15, -0.1) is 11.3 Å². The van der Waals surface area contributed by atoms with E-state index in [2.05, 4.69) is 15.9 Å². The molecule has 4 nitrogen and oxygen atoms in total. The minimum atomic E-state index is -3.57. The van der Waals surface area contributed by atoms with Crippen LogP contribution in [0.2, 0.25) is 5.02 Å². The van der Waals surface area contributed by atoms with Crippen molar-refractivity contribution in [3.05, 3.63) is 49.6 Å². The van der Waals surface area contributed by atoms with Crippen LogP contribution < -0.4 is 5.73 Å². The summed E-state index contributed by atoms with van der Waals surface area (Å²) < 4.78 is 27.4. The molecule has 114 valence electrons. The van der Waals surface area contributed by atoms with Gasteiger partial charge in [0.1, 0.15) is 0 Å². The summed E-state index contributed by atoms with van der Waals surface area (Å²) in [7, 11) is -2.02. The van der Waals surface area contributed by atoms with Crippen LogP contribution in [0.5, 0.6) is 0 Å². The molecule has 1 aromatic heterocycles. The van der Waals surface area contributed by atoms with Crippen LogP contribution in [0.25, 0.3) is 0 Å². The van der Waals surface area contributed by atoms with Crippen molar-refractivity contribution >= 4 is 48.9 Å². The summed E-state index contributed by atoms with van der Waals surface area (Å²) in [5, 5.41) is 2.39. The van der Waals surface area contributed by atoms with E-state index in [0.29, 0.717) is 17.1 Å². The Morgan fingerprint density at radius 1 is 1.38 bits per heavy atom. The zero-order chi connectivity index (χ0) is 15.6. The van der Waals surface area contributed by atoms with E-state index in [1.54, 1.807) is 13.1 Å². The Kier molecular flexibility index (Phi) is 5.45. The summed E-state index contributed by atoms with van der Waals surface area (Å²) >= 11 is 10.9. The van der Waals surface area contributed by atoms with Crippen LogP contribution >= 0.6 is 38.9 Å². The molecule has 1 heterocycles. The van der Waals surface area contributed by atoms with Gasteiger partial charge in [0, 0.05) is 25.2 Å². The second kappa shape index (κ2) is 6.76. The first-order chi connectivity index (χ1) is 9.84. The molecule has 0 saturated heterocycles. The molecule has 8 heteroatoms. The minimum Gasteiger partial charge on any atom is -0.326 e. The third-order valence-corrected chi connectivity index (χ3v) is 6.69. The van der Waals surface area contributed by atoms with Crippen molar-refractivity contribution in [1.82, 2.24) is 4.31 Å². The number of benzene rings is 1. The van der Waals surface area contributed by atoms with Crippen LogP contribution in [0.4, 0.5) is 0 Å². The first kappa shape index (κ1) is 16.9. The highest BCUT2D eigenvalue weighted by Crippen LogP contribution is 2.25. The maximum Gasteiger partial charge on any atom is 0.243 e. The molecule has 0 aliphatic carbocycles. The summed E-state index contributed by atoms with van der Waals surface area (Å²) in [5.41, 5.74) is 7.12. The lowest BCUT2D eigenvalue weighted by molar-refractivity contribution is 0.467. The van der Waals surface area contributed by atoms with Crippen molar-refractivity contribution in [2.24, 2.45) is 5.73 Å². The number of rotatable bonds is 5. The van der Waals surface area contributed by atoms with Crippen LogP contribution in [0, 0.1) is 0 Å². The van der Waals surface area contributed by atoms with Gasteiger partial charge in [0.25, 0.3) is 0 Å². The highest BCUT2D eigenvalue weighted by Gasteiger charge is 2.22. The molecule has 2 N–H and O–H groups in total. The second-order valence-corrected chi connectivity index (χ2v) is 9.22. The quantitative estimate of drug-likeness (QED) is 0.822. The zero-order valence-corrected chi connectivity index (χ0v) is 15.2. The smallest absolute Gasteiger partial charge is 0.243 e. The van der Waals surface area contributed by atoms with Gasteiger partial charge in [-0.05, 0) is 56.7 Å². The molecule has 0 radical (unpaired) electrons. The molecule has 1 aromatic carbocycles. The minimum absolute atomic E-state index is 0.198. The van der Waals surface area contributed by atoms with Gasteiger partial charge in [-0.1, -0.05) is 11.6 Å². The van der Waals surface area contributed by atoms with Gasteiger partial charge in [-0.25, -0.2) is 8.42 Å². The fourth-order valence-electron chi connectivity index (χ4n) is 1.82. The average Bonchev–Trinajstić information content (AvgIpc) is 2.84. The highest BCUT2D eigenvalue weighted by molar-refractivity contribution is 9.11. The summed E-state index contributed by atoms with van der Waals surface area (Å²) in [4.78, 5) is 0.198. The van der Waals surface area contributed by atoms with Crippen LogP contribution in [0.1, 0.15) is 11.1 Å². The molecule has 0 atom stereocenters. The Morgan fingerprint density at radius 3 is 2.67 bits per heavy atom. The Morgan fingerprint density at radius 2 is 2.10 bits per heavy atom. The Hall–Kier alpha value is -0.440. The SMILES string of the molecule is CN(Cc1csc(Br)c1)S(=O)(=O)c1ccc(Cl)c(CN)c1. The lowest BCUT2D eigenvalue weighted by Crippen LogP contribution is -2.26. The predicted molar refractivity (Wildman–Crippen MR) is 90.0 cm³/mol. The molecule has 0 unspecified atom stereocenters. The van der Waals surface area contributed by atoms with E-state index in [4.69, 9.17) is 17.3 Å². The van der Waals surface area contributed by atoms with E-state index in [1.807, 2.05) is 11.4 Å². The molecular weight excluding hydrogens is 396 g/mol. The van der Waals surface area contributed by atoms with Crippen molar-refractivity contribution in [2.45, 2.75) is 18.0 Å². The standard InChI is InChI=1S/C13H14BrClN2O2S2/c1-17(7-9-4-13(14)20-8-9)21(18,19)11-2-3-12(15)10(5-11)6-16/h2-5,8H,6-7,16H2,1H3. The molecule has 0 aliphatic heterocycles. The lowest BCUT2D eigenvalue weighted by atomic mass is 10.2. The molecule has 0 fully saturated rings. The zero-order valence-electron chi connectivity index (χ0n) is 11.2. The van der Waals surface area contributed by atoms with Crippen LogP contribution in [-0.4, -0.2) is 19.8 Å². The van der Waals surface area contributed by atoms with Crippen molar-refractivity contribution < 1.29 is 8.42 Å². The van der Waals surface area contributed by atoms with Crippen LogP contribution in [-0.2, 0) is 23.1 Å². The van der Waals surface area contributed by atoms with Gasteiger partial charge in [0.2, 0.25) is 10.0 Å². The molecule has 2 aromatic rings. The van der Waals surface area contributed by atoms with Gasteiger partial charge in [-0.3, -0.25) is 0 Å². The Balaban J connectivity index is 2.28. The molecule has 2 rings (SSSR count). The van der Waals surface area contributed by atoms with Gasteiger partial charge in [0.05, 0.1) is 8.68 Å². The number of nitrogens with two attached hydrogens (primary N) is 1. The van der Waals surface area contributed by atoms with Gasteiger partial charge < -0.3 is 5.73 Å². The van der Waals surface area contributed by atoms with Gasteiger partial charge in [0.15, 0.2) is 0 Å². The van der Waals surface area contributed by atoms with Crippen molar-refractivity contribution in [2.75, 3.05) is 7.05 Å². The topological polar surface area (TPSA) is 63.4 Å².